The van der Waals surface area contributed by atoms with Crippen LogP contribution in [0.1, 0.15) is 11.7 Å². The highest BCUT2D eigenvalue weighted by atomic mass is 16.4. The zero-order valence-corrected chi connectivity index (χ0v) is 7.01. The molecule has 68 valence electrons. The van der Waals surface area contributed by atoms with Crippen LogP contribution in [-0.4, -0.2) is 25.2 Å². The normalized spacial score (nSPS) is 10.5. The Hall–Kier alpha value is -1.92. The average Bonchev–Trinajstić information content (AvgIpc) is 2.64. The summed E-state index contributed by atoms with van der Waals surface area (Å²) in [5, 5.41) is 10.6. The van der Waals surface area contributed by atoms with Crippen LogP contribution in [0.3, 0.4) is 0 Å². The molecule has 2 N–H and O–H groups in total. The Balaban J connectivity index is 2.19. The largest absolute Gasteiger partial charge is 0.444 e. The molecule has 7 heteroatoms. The Morgan fingerprint density at radius 2 is 2.46 bits per heavy atom. The van der Waals surface area contributed by atoms with Crippen LogP contribution in [0.25, 0.3) is 0 Å². The van der Waals surface area contributed by atoms with Crippen LogP contribution in [0, 0.1) is 6.92 Å². The van der Waals surface area contributed by atoms with Crippen molar-refractivity contribution in [1.29, 1.82) is 0 Å². The lowest BCUT2D eigenvalue weighted by molar-refractivity contribution is 0.444. The lowest BCUT2D eigenvalue weighted by Gasteiger charge is -1.95. The zero-order chi connectivity index (χ0) is 9.26. The molecule has 13 heavy (non-hydrogen) atoms. The highest BCUT2D eigenvalue weighted by Crippen LogP contribution is 2.04. The minimum atomic E-state index is 0.246. The van der Waals surface area contributed by atoms with Crippen LogP contribution in [0.2, 0.25) is 0 Å². The molecule has 2 aromatic rings. The number of hydrogen-bond acceptors (Lipinski definition) is 6. The van der Waals surface area contributed by atoms with E-state index in [9.17, 15) is 0 Å². The lowest BCUT2D eigenvalue weighted by atomic mass is 10.6. The third kappa shape index (κ3) is 1.48. The van der Waals surface area contributed by atoms with Crippen LogP contribution in [0.15, 0.2) is 10.6 Å². The minimum absolute atomic E-state index is 0.246. The van der Waals surface area contributed by atoms with Crippen LogP contribution in [-0.2, 0) is 6.54 Å². The number of nitrogens with zero attached hydrogens (tertiary/aromatic N) is 5. The fourth-order valence-electron chi connectivity index (χ4n) is 0.927. The Kier molecular flexibility index (Phi) is 1.69. The number of nitrogens with two attached hydrogens (primary N) is 1. The number of oxazole rings is 1. The molecule has 0 fully saturated rings. The summed E-state index contributed by atoms with van der Waals surface area (Å²) in [7, 11) is 0. The first-order valence-corrected chi connectivity index (χ1v) is 3.68. The fraction of sp³-hybridized carbons (Fsp3) is 0.333. The summed E-state index contributed by atoms with van der Waals surface area (Å²) in [5.41, 5.74) is 5.45. The predicted octanol–water partition coefficient (Wildman–Crippen LogP) is -0.400. The Bertz CT molecular complexity index is 405. The maximum Gasteiger partial charge on any atom is 0.240 e. The smallest absolute Gasteiger partial charge is 0.240 e. The standard InChI is InChI=1S/C6H8N6O/c1-4-2-8-5(13-4)3-12-6(7)9-10-11-12/h2H,3H2,1H3,(H2,7,9,11). The van der Waals surface area contributed by atoms with Crippen molar-refractivity contribution in [1.82, 2.24) is 25.2 Å². The molecule has 0 amide bonds. The number of aryl methyl sites for hydroxylation is 1. The number of aromatic nitrogens is 5. The van der Waals surface area contributed by atoms with Gasteiger partial charge in [0.1, 0.15) is 12.3 Å². The zero-order valence-electron chi connectivity index (χ0n) is 7.01. The van der Waals surface area contributed by atoms with Crippen molar-refractivity contribution < 1.29 is 4.42 Å². The Labute approximate surface area is 73.6 Å². The van der Waals surface area contributed by atoms with Gasteiger partial charge in [0.15, 0.2) is 0 Å². The third-order valence-electron chi connectivity index (χ3n) is 1.51. The second kappa shape index (κ2) is 2.85. The molecule has 2 aromatic heterocycles. The maximum absolute atomic E-state index is 5.45. The summed E-state index contributed by atoms with van der Waals surface area (Å²) in [6.07, 6.45) is 1.63. The SMILES string of the molecule is Cc1cnc(Cn2nnnc2N)o1. The molecule has 0 aliphatic heterocycles. The number of rotatable bonds is 2. The molecule has 0 radical (unpaired) electrons. The number of anilines is 1. The first-order valence-electron chi connectivity index (χ1n) is 3.68. The van der Waals surface area contributed by atoms with Crippen molar-refractivity contribution in [3.8, 4) is 0 Å². The van der Waals surface area contributed by atoms with E-state index >= 15 is 0 Å². The van der Waals surface area contributed by atoms with E-state index in [0.29, 0.717) is 12.4 Å². The molecule has 0 spiro atoms. The monoisotopic (exact) mass is 180 g/mol. The first kappa shape index (κ1) is 7.71. The fourth-order valence-corrected chi connectivity index (χ4v) is 0.927. The van der Waals surface area contributed by atoms with Gasteiger partial charge in [-0.1, -0.05) is 5.10 Å². The third-order valence-corrected chi connectivity index (χ3v) is 1.51. The number of tetrazole rings is 1. The van der Waals surface area contributed by atoms with Gasteiger partial charge >= 0.3 is 0 Å². The molecule has 2 heterocycles. The molecule has 0 aromatic carbocycles. The second-order valence-corrected chi connectivity index (χ2v) is 2.56. The van der Waals surface area contributed by atoms with Gasteiger partial charge in [0.2, 0.25) is 11.8 Å². The quantitative estimate of drug-likeness (QED) is 0.675. The van der Waals surface area contributed by atoms with E-state index in [0.717, 1.165) is 5.76 Å². The maximum atomic E-state index is 5.45. The van der Waals surface area contributed by atoms with E-state index in [-0.39, 0.29) is 5.95 Å². The van der Waals surface area contributed by atoms with Crippen molar-refractivity contribution >= 4 is 5.95 Å². The van der Waals surface area contributed by atoms with Crippen molar-refractivity contribution in [3.63, 3.8) is 0 Å². The molecular formula is C6H8N6O. The van der Waals surface area contributed by atoms with Crippen LogP contribution in [0.5, 0.6) is 0 Å². The van der Waals surface area contributed by atoms with E-state index in [1.807, 2.05) is 6.92 Å². The molecule has 7 nitrogen and oxygen atoms in total. The molecule has 0 atom stereocenters. The minimum Gasteiger partial charge on any atom is -0.444 e. The topological polar surface area (TPSA) is 95.7 Å². The van der Waals surface area contributed by atoms with E-state index in [2.05, 4.69) is 20.5 Å². The van der Waals surface area contributed by atoms with E-state index < -0.39 is 0 Å². The molecule has 0 unspecified atom stereocenters. The summed E-state index contributed by atoms with van der Waals surface area (Å²) >= 11 is 0. The average molecular weight is 180 g/mol. The van der Waals surface area contributed by atoms with Gasteiger partial charge in [-0.25, -0.2) is 9.67 Å². The van der Waals surface area contributed by atoms with Crippen molar-refractivity contribution in [2.45, 2.75) is 13.5 Å². The Morgan fingerprint density at radius 1 is 1.62 bits per heavy atom. The highest BCUT2D eigenvalue weighted by Gasteiger charge is 2.05. The summed E-state index contributed by atoms with van der Waals surface area (Å²) in [5.74, 6) is 1.54. The van der Waals surface area contributed by atoms with Gasteiger partial charge in [-0.05, 0) is 17.4 Å². The van der Waals surface area contributed by atoms with Crippen molar-refractivity contribution in [2.24, 2.45) is 0 Å². The van der Waals surface area contributed by atoms with Gasteiger partial charge in [-0.3, -0.25) is 0 Å². The van der Waals surface area contributed by atoms with Crippen LogP contribution < -0.4 is 5.73 Å². The second-order valence-electron chi connectivity index (χ2n) is 2.56. The number of hydrogen-bond donors (Lipinski definition) is 1. The van der Waals surface area contributed by atoms with Crippen molar-refractivity contribution in [2.75, 3.05) is 5.73 Å². The molecule has 0 aliphatic carbocycles. The molecule has 2 rings (SSSR count). The molecular weight excluding hydrogens is 172 g/mol. The lowest BCUT2D eigenvalue weighted by Crippen LogP contribution is -2.06. The summed E-state index contributed by atoms with van der Waals surface area (Å²) in [4.78, 5) is 3.99. The summed E-state index contributed by atoms with van der Waals surface area (Å²) < 4.78 is 6.64. The van der Waals surface area contributed by atoms with Gasteiger partial charge in [0.05, 0.1) is 6.20 Å². The van der Waals surface area contributed by atoms with Gasteiger partial charge in [0.25, 0.3) is 0 Å². The van der Waals surface area contributed by atoms with Gasteiger partial charge in [-0.2, -0.15) is 0 Å². The first-order chi connectivity index (χ1) is 6.25. The van der Waals surface area contributed by atoms with Gasteiger partial charge < -0.3 is 10.2 Å². The highest BCUT2D eigenvalue weighted by molar-refractivity contribution is 5.11. The van der Waals surface area contributed by atoms with E-state index in [1.165, 1.54) is 4.68 Å². The van der Waals surface area contributed by atoms with E-state index in [1.54, 1.807) is 6.20 Å². The van der Waals surface area contributed by atoms with Gasteiger partial charge in [-0.15, -0.1) is 0 Å². The molecule has 0 bridgehead atoms. The van der Waals surface area contributed by atoms with Crippen LogP contribution >= 0.6 is 0 Å². The summed E-state index contributed by atoms with van der Waals surface area (Å²) in [6, 6.07) is 0. The van der Waals surface area contributed by atoms with Crippen LogP contribution in [0.4, 0.5) is 5.95 Å². The predicted molar refractivity (Wildman–Crippen MR) is 42.6 cm³/mol. The number of nitrogen functional groups attached to an aromatic ring is 1. The summed E-state index contributed by atoms with van der Waals surface area (Å²) in [6.45, 7) is 2.17. The molecule has 0 saturated heterocycles. The van der Waals surface area contributed by atoms with Crippen molar-refractivity contribution in [3.05, 3.63) is 17.8 Å². The van der Waals surface area contributed by atoms with Gasteiger partial charge in [0, 0.05) is 0 Å². The molecule has 0 saturated carbocycles. The Morgan fingerprint density at radius 3 is 3.00 bits per heavy atom. The molecule has 0 aliphatic rings. The van der Waals surface area contributed by atoms with E-state index in [4.69, 9.17) is 10.2 Å².